The number of hydrogen-bond donors (Lipinski definition) is 0. The predicted octanol–water partition coefficient (Wildman–Crippen LogP) is 1.88. The molecule has 8 heteroatoms. The Hall–Kier alpha value is -3.52. The summed E-state index contributed by atoms with van der Waals surface area (Å²) in [6, 6.07) is 11.8. The molecule has 0 spiro atoms. The van der Waals surface area contributed by atoms with Gasteiger partial charge in [-0.2, -0.15) is 0 Å². The summed E-state index contributed by atoms with van der Waals surface area (Å²) in [7, 11) is 0. The van der Waals surface area contributed by atoms with Gasteiger partial charge in [0, 0.05) is 6.20 Å². The molecule has 2 aromatic rings. The van der Waals surface area contributed by atoms with Gasteiger partial charge in [0.2, 0.25) is 5.88 Å². The maximum Gasteiger partial charge on any atom is 0.369 e. The molecule has 0 aliphatic carbocycles. The second-order valence-electron chi connectivity index (χ2n) is 6.62. The van der Waals surface area contributed by atoms with E-state index in [1.165, 1.54) is 18.3 Å². The number of nitrogens with zero attached hydrogens (tertiary/aromatic N) is 2. The fourth-order valence-electron chi connectivity index (χ4n) is 3.73. The van der Waals surface area contributed by atoms with Crippen LogP contribution in [0.2, 0.25) is 0 Å². The van der Waals surface area contributed by atoms with Crippen LogP contribution in [0.15, 0.2) is 60.8 Å². The Morgan fingerprint density at radius 2 is 1.64 bits per heavy atom. The fourth-order valence-corrected chi connectivity index (χ4v) is 3.73. The van der Waals surface area contributed by atoms with Gasteiger partial charge in [0.15, 0.2) is 0 Å². The van der Waals surface area contributed by atoms with Crippen molar-refractivity contribution < 1.29 is 28.7 Å². The van der Waals surface area contributed by atoms with Gasteiger partial charge in [0.1, 0.15) is 11.3 Å². The maximum atomic E-state index is 12.7. The monoisotopic (exact) mass is 378 g/mol. The Kier molecular flexibility index (Phi) is 3.73. The third-order valence-electron chi connectivity index (χ3n) is 4.99. The van der Waals surface area contributed by atoms with E-state index >= 15 is 0 Å². The molecule has 3 aliphatic rings. The predicted molar refractivity (Wildman–Crippen MR) is 92.8 cm³/mol. The van der Waals surface area contributed by atoms with Crippen LogP contribution in [0.5, 0.6) is 11.6 Å². The second kappa shape index (κ2) is 6.28. The van der Waals surface area contributed by atoms with Crippen molar-refractivity contribution >= 4 is 17.8 Å². The van der Waals surface area contributed by atoms with E-state index in [1.54, 1.807) is 36.4 Å². The van der Waals surface area contributed by atoms with Crippen molar-refractivity contribution in [3.8, 4) is 11.6 Å². The molecule has 0 saturated carbocycles. The minimum absolute atomic E-state index is 0.00126. The van der Waals surface area contributed by atoms with Crippen molar-refractivity contribution in [1.82, 2.24) is 10.0 Å². The van der Waals surface area contributed by atoms with Gasteiger partial charge in [-0.25, -0.2) is 9.78 Å². The number of hydrogen-bond acceptors (Lipinski definition) is 7. The third-order valence-corrected chi connectivity index (χ3v) is 4.99. The molecule has 0 N–H and O–H groups in total. The molecule has 3 aliphatic heterocycles. The van der Waals surface area contributed by atoms with Crippen LogP contribution in [0.25, 0.3) is 0 Å². The van der Waals surface area contributed by atoms with Gasteiger partial charge in [-0.05, 0) is 24.3 Å². The van der Waals surface area contributed by atoms with Gasteiger partial charge in [0.25, 0.3) is 11.8 Å². The topological polar surface area (TPSA) is 95.0 Å². The number of carbonyl (C=O) groups is 3. The summed E-state index contributed by atoms with van der Waals surface area (Å²) in [6.45, 7) is 0. The van der Waals surface area contributed by atoms with Gasteiger partial charge in [-0.1, -0.05) is 30.4 Å². The molecule has 5 rings (SSSR count). The highest BCUT2D eigenvalue weighted by atomic mass is 16.7. The van der Waals surface area contributed by atoms with Crippen molar-refractivity contribution in [3.05, 3.63) is 66.4 Å². The van der Waals surface area contributed by atoms with Crippen molar-refractivity contribution in [1.29, 1.82) is 0 Å². The van der Waals surface area contributed by atoms with Gasteiger partial charge >= 0.3 is 5.97 Å². The molecule has 1 aromatic carbocycles. The molecule has 0 unspecified atom stereocenters. The SMILES string of the molecule is O=C(ON1C(=O)[C@@H]2[C@@H](C1=O)[C@H]1C=C[C@H]2O1)c1cccnc1Oc1ccccc1. The largest absolute Gasteiger partial charge is 0.438 e. The Labute approximate surface area is 159 Å². The van der Waals surface area contributed by atoms with Crippen LogP contribution in [0.4, 0.5) is 0 Å². The van der Waals surface area contributed by atoms with Crippen LogP contribution < -0.4 is 4.74 Å². The Morgan fingerprint density at radius 3 is 2.32 bits per heavy atom. The lowest BCUT2D eigenvalue weighted by Crippen LogP contribution is -2.36. The molecule has 0 radical (unpaired) electrons. The number of aromatic nitrogens is 1. The number of carbonyl (C=O) groups excluding carboxylic acids is 3. The quantitative estimate of drug-likeness (QED) is 0.592. The summed E-state index contributed by atoms with van der Waals surface area (Å²) in [5, 5.41) is 0.548. The van der Waals surface area contributed by atoms with Gasteiger partial charge in [0.05, 0.1) is 24.0 Å². The average molecular weight is 378 g/mol. The van der Waals surface area contributed by atoms with Gasteiger partial charge in [-0.3, -0.25) is 9.59 Å². The lowest BCUT2D eigenvalue weighted by atomic mass is 9.85. The lowest BCUT2D eigenvalue weighted by molar-refractivity contribution is -0.177. The molecular weight excluding hydrogens is 364 g/mol. The summed E-state index contributed by atoms with van der Waals surface area (Å²) < 4.78 is 11.2. The number of pyridine rings is 1. The van der Waals surface area contributed by atoms with E-state index in [2.05, 4.69) is 4.98 Å². The molecule has 8 nitrogen and oxygen atoms in total. The summed E-state index contributed by atoms with van der Waals surface area (Å²) in [5.41, 5.74) is 0.00126. The number of imide groups is 1. The first kappa shape index (κ1) is 16.6. The van der Waals surface area contributed by atoms with E-state index in [0.29, 0.717) is 10.8 Å². The zero-order valence-corrected chi connectivity index (χ0v) is 14.4. The van der Waals surface area contributed by atoms with Crippen LogP contribution >= 0.6 is 0 Å². The zero-order chi connectivity index (χ0) is 19.3. The number of ether oxygens (including phenoxy) is 2. The number of benzene rings is 1. The number of fused-ring (bicyclic) bond motifs is 5. The first-order valence-corrected chi connectivity index (χ1v) is 8.75. The first-order chi connectivity index (χ1) is 13.6. The standard InChI is InChI=1S/C20H14N2O6/c23-18-15-13-8-9-14(27-13)16(15)19(24)22(18)28-20(25)12-7-4-10-21-17(12)26-11-5-2-1-3-6-11/h1-10,13-16H/t13-,14-,15+,16+/m1/s1. The molecule has 140 valence electrons. The van der Waals surface area contributed by atoms with Crippen LogP contribution in [0, 0.1) is 11.8 Å². The lowest BCUT2D eigenvalue weighted by Gasteiger charge is -2.17. The molecule has 2 bridgehead atoms. The van der Waals surface area contributed by atoms with E-state index in [4.69, 9.17) is 14.3 Å². The highest BCUT2D eigenvalue weighted by molar-refractivity contribution is 6.07. The summed E-state index contributed by atoms with van der Waals surface area (Å²) in [4.78, 5) is 47.1. The normalized spacial score (nSPS) is 27.2. The number of para-hydroxylation sites is 1. The number of hydroxylamine groups is 2. The van der Waals surface area contributed by atoms with Crippen molar-refractivity contribution in [2.45, 2.75) is 12.2 Å². The van der Waals surface area contributed by atoms with E-state index in [0.717, 1.165) is 0 Å². The Balaban J connectivity index is 1.37. The van der Waals surface area contributed by atoms with Gasteiger partial charge in [-0.15, -0.1) is 5.06 Å². The molecule has 28 heavy (non-hydrogen) atoms. The third kappa shape index (κ3) is 2.49. The summed E-state index contributed by atoms with van der Waals surface area (Å²) in [6.07, 6.45) is 4.08. The molecule has 4 atom stereocenters. The van der Waals surface area contributed by atoms with Crippen molar-refractivity contribution in [2.24, 2.45) is 11.8 Å². The van der Waals surface area contributed by atoms with E-state index in [9.17, 15) is 14.4 Å². The second-order valence-corrected chi connectivity index (χ2v) is 6.62. The van der Waals surface area contributed by atoms with Gasteiger partial charge < -0.3 is 14.3 Å². The summed E-state index contributed by atoms with van der Waals surface area (Å²) in [5.74, 6) is -2.85. The molecule has 1 aromatic heterocycles. The highest BCUT2D eigenvalue weighted by Crippen LogP contribution is 2.45. The number of amides is 2. The first-order valence-electron chi connectivity index (χ1n) is 8.75. The molecule has 2 fully saturated rings. The van der Waals surface area contributed by atoms with Crippen molar-refractivity contribution in [2.75, 3.05) is 0 Å². The minimum atomic E-state index is -0.901. The zero-order valence-electron chi connectivity index (χ0n) is 14.4. The molecule has 2 saturated heterocycles. The maximum absolute atomic E-state index is 12.7. The van der Waals surface area contributed by atoms with Crippen LogP contribution in [0.1, 0.15) is 10.4 Å². The highest BCUT2D eigenvalue weighted by Gasteiger charge is 2.62. The van der Waals surface area contributed by atoms with Crippen LogP contribution in [-0.4, -0.2) is 40.0 Å². The smallest absolute Gasteiger partial charge is 0.369 e. The van der Waals surface area contributed by atoms with E-state index < -0.39 is 41.8 Å². The molecule has 4 heterocycles. The fraction of sp³-hybridized carbons (Fsp3) is 0.200. The minimum Gasteiger partial charge on any atom is -0.438 e. The molecular formula is C20H14N2O6. The van der Waals surface area contributed by atoms with E-state index in [1.807, 2.05) is 6.07 Å². The van der Waals surface area contributed by atoms with E-state index in [-0.39, 0.29) is 11.4 Å². The Morgan fingerprint density at radius 1 is 0.964 bits per heavy atom. The summed E-state index contributed by atoms with van der Waals surface area (Å²) >= 11 is 0. The molecule has 2 amide bonds. The average Bonchev–Trinajstić information content (AvgIpc) is 3.39. The van der Waals surface area contributed by atoms with Crippen LogP contribution in [-0.2, 0) is 19.2 Å². The Bertz CT molecular complexity index is 975. The van der Waals surface area contributed by atoms with Crippen molar-refractivity contribution in [3.63, 3.8) is 0 Å². The number of rotatable bonds is 4. The van der Waals surface area contributed by atoms with Crippen LogP contribution in [0.3, 0.4) is 0 Å².